The van der Waals surface area contributed by atoms with Crippen LogP contribution in [0.4, 0.5) is 0 Å². The number of carbonyl (C=O) groups excluding carboxylic acids is 2. The van der Waals surface area contributed by atoms with E-state index in [0.717, 1.165) is 10.4 Å². The molecule has 1 atom stereocenters. The van der Waals surface area contributed by atoms with Gasteiger partial charge in [-0.3, -0.25) is 9.59 Å². The fraction of sp³-hybridized carbons (Fsp3) is 0.250. The molecule has 2 N–H and O–H groups in total. The van der Waals surface area contributed by atoms with Gasteiger partial charge in [-0.25, -0.2) is 9.78 Å². The summed E-state index contributed by atoms with van der Waals surface area (Å²) in [5, 5.41) is 7.15. The molecular formula is C24H23N3O5S3. The number of carbonyl (C=O) groups is 2. The summed E-state index contributed by atoms with van der Waals surface area (Å²) >= 11 is 4.18. The third-order valence-electron chi connectivity index (χ3n) is 5.01. The molecule has 182 valence electrons. The Hall–Kier alpha value is -2.99. The number of nitrogens with zero attached hydrogens (tertiary/aromatic N) is 1. The molecule has 0 fully saturated rings. The zero-order chi connectivity index (χ0) is 24.8. The van der Waals surface area contributed by atoms with E-state index in [1.807, 2.05) is 22.9 Å². The summed E-state index contributed by atoms with van der Waals surface area (Å²) < 4.78 is 10.6. The molecule has 4 rings (SSSR count). The second-order valence-corrected chi connectivity index (χ2v) is 10.3. The second-order valence-electron chi connectivity index (χ2n) is 7.43. The Balaban J connectivity index is 1.47. The van der Waals surface area contributed by atoms with Gasteiger partial charge < -0.3 is 19.8 Å². The van der Waals surface area contributed by atoms with Crippen LogP contribution in [0.1, 0.15) is 29.2 Å². The Bertz CT molecular complexity index is 1380. The molecule has 1 aromatic carbocycles. The van der Waals surface area contributed by atoms with E-state index in [0.29, 0.717) is 33.8 Å². The van der Waals surface area contributed by atoms with Gasteiger partial charge in [-0.05, 0) is 30.5 Å². The number of thioether (sulfide) groups is 1. The standard InChI is InChI=1S/C24H23N3O5S3/c1-14(21-26-22(29)20-16(12-35-23(20)27-21)18-8-5-11-33-18)32-24(30)15-6-3-4-7-17(15)34-13-19(28)25-9-10-31-2/h3-8,11-12,14H,9-10,13H2,1-2H3,(H,25,28)(H,26,27,29)/t14-/m0/s1. The van der Waals surface area contributed by atoms with E-state index in [-0.39, 0.29) is 23.0 Å². The number of rotatable bonds is 10. The van der Waals surface area contributed by atoms with E-state index in [4.69, 9.17) is 9.47 Å². The number of fused-ring (bicyclic) bond motifs is 1. The molecule has 3 heterocycles. The number of H-pyrrole nitrogens is 1. The van der Waals surface area contributed by atoms with E-state index < -0.39 is 12.1 Å². The molecule has 11 heteroatoms. The van der Waals surface area contributed by atoms with Crippen LogP contribution in [0.15, 0.2) is 56.8 Å². The second kappa shape index (κ2) is 11.6. The monoisotopic (exact) mass is 529 g/mol. The number of aromatic nitrogens is 2. The number of aromatic amines is 1. The van der Waals surface area contributed by atoms with Gasteiger partial charge in [0, 0.05) is 34.4 Å². The van der Waals surface area contributed by atoms with Crippen molar-refractivity contribution in [2.45, 2.75) is 17.9 Å². The molecule has 0 bridgehead atoms. The highest BCUT2D eigenvalue weighted by molar-refractivity contribution is 8.00. The van der Waals surface area contributed by atoms with Crippen LogP contribution in [0.3, 0.4) is 0 Å². The highest BCUT2D eigenvalue weighted by Crippen LogP contribution is 2.34. The number of esters is 1. The third kappa shape index (κ3) is 5.99. The van der Waals surface area contributed by atoms with Crippen molar-refractivity contribution in [3.8, 4) is 10.4 Å². The number of nitrogens with one attached hydrogen (secondary N) is 2. The zero-order valence-corrected chi connectivity index (χ0v) is 21.5. The molecule has 0 saturated carbocycles. The van der Waals surface area contributed by atoms with Gasteiger partial charge in [0.15, 0.2) is 11.9 Å². The van der Waals surface area contributed by atoms with Gasteiger partial charge in [0.05, 0.1) is 23.3 Å². The first-order valence-electron chi connectivity index (χ1n) is 10.7. The van der Waals surface area contributed by atoms with Gasteiger partial charge in [-0.15, -0.1) is 34.4 Å². The average Bonchev–Trinajstić information content (AvgIpc) is 3.53. The van der Waals surface area contributed by atoms with Crippen molar-refractivity contribution in [1.29, 1.82) is 0 Å². The summed E-state index contributed by atoms with van der Waals surface area (Å²) in [6.45, 7) is 2.51. The smallest absolute Gasteiger partial charge is 0.339 e. The van der Waals surface area contributed by atoms with E-state index >= 15 is 0 Å². The summed E-state index contributed by atoms with van der Waals surface area (Å²) in [5.74, 6) is -0.289. The van der Waals surface area contributed by atoms with Gasteiger partial charge in [0.2, 0.25) is 5.91 Å². The molecule has 0 aliphatic carbocycles. The molecule has 0 radical (unpaired) electrons. The molecule has 35 heavy (non-hydrogen) atoms. The molecule has 0 unspecified atom stereocenters. The van der Waals surface area contributed by atoms with Crippen LogP contribution >= 0.6 is 34.4 Å². The first-order chi connectivity index (χ1) is 17.0. The number of methoxy groups -OCH3 is 1. The van der Waals surface area contributed by atoms with Crippen LogP contribution in [0.2, 0.25) is 0 Å². The van der Waals surface area contributed by atoms with Crippen LogP contribution < -0.4 is 10.9 Å². The molecule has 0 aliphatic heterocycles. The maximum atomic E-state index is 12.9. The molecule has 8 nitrogen and oxygen atoms in total. The van der Waals surface area contributed by atoms with E-state index in [1.165, 1.54) is 23.1 Å². The van der Waals surface area contributed by atoms with Crippen LogP contribution in [0.5, 0.6) is 0 Å². The van der Waals surface area contributed by atoms with Crippen molar-refractivity contribution in [2.75, 3.05) is 26.0 Å². The fourth-order valence-electron chi connectivity index (χ4n) is 3.30. The Labute approximate surface area is 213 Å². The molecule has 3 aromatic heterocycles. The van der Waals surface area contributed by atoms with Gasteiger partial charge in [-0.1, -0.05) is 18.2 Å². The maximum Gasteiger partial charge on any atom is 0.339 e. The molecule has 0 spiro atoms. The van der Waals surface area contributed by atoms with Gasteiger partial charge in [0.1, 0.15) is 4.83 Å². The summed E-state index contributed by atoms with van der Waals surface area (Å²) in [4.78, 5) is 47.4. The summed E-state index contributed by atoms with van der Waals surface area (Å²) in [5.41, 5.74) is 0.920. The quantitative estimate of drug-likeness (QED) is 0.177. The highest BCUT2D eigenvalue weighted by Gasteiger charge is 2.21. The minimum absolute atomic E-state index is 0.153. The maximum absolute atomic E-state index is 12.9. The van der Waals surface area contributed by atoms with Crippen molar-refractivity contribution < 1.29 is 19.1 Å². The van der Waals surface area contributed by atoms with Crippen molar-refractivity contribution in [3.63, 3.8) is 0 Å². The first kappa shape index (κ1) is 25.1. The zero-order valence-electron chi connectivity index (χ0n) is 19.0. The predicted octanol–water partition coefficient (Wildman–Crippen LogP) is 4.49. The van der Waals surface area contributed by atoms with Crippen LogP contribution in [-0.4, -0.2) is 47.9 Å². The lowest BCUT2D eigenvalue weighted by molar-refractivity contribution is -0.118. The van der Waals surface area contributed by atoms with Crippen molar-refractivity contribution in [3.05, 3.63) is 68.9 Å². The molecule has 1 amide bonds. The van der Waals surface area contributed by atoms with Crippen LogP contribution in [0, 0.1) is 0 Å². The normalized spacial score (nSPS) is 11.9. The predicted molar refractivity (Wildman–Crippen MR) is 139 cm³/mol. The minimum Gasteiger partial charge on any atom is -0.451 e. The Kier molecular flexibility index (Phi) is 8.34. The molecular weight excluding hydrogens is 506 g/mol. The lowest BCUT2D eigenvalue weighted by Crippen LogP contribution is -2.28. The lowest BCUT2D eigenvalue weighted by atomic mass is 10.2. The van der Waals surface area contributed by atoms with Gasteiger partial charge >= 0.3 is 5.97 Å². The number of thiophene rings is 2. The number of ether oxygens (including phenoxy) is 2. The van der Waals surface area contributed by atoms with Gasteiger partial charge in [0.25, 0.3) is 5.56 Å². The highest BCUT2D eigenvalue weighted by atomic mass is 32.2. The Morgan fingerprint density at radius 2 is 2.03 bits per heavy atom. The first-order valence-corrected chi connectivity index (χ1v) is 13.5. The molecule has 0 saturated heterocycles. The van der Waals surface area contributed by atoms with Gasteiger partial charge in [-0.2, -0.15) is 0 Å². The largest absolute Gasteiger partial charge is 0.451 e. The number of benzene rings is 1. The SMILES string of the molecule is COCCNC(=O)CSc1ccccc1C(=O)O[C@@H](C)c1nc2scc(-c3cccs3)c2c(=O)[nH]1. The van der Waals surface area contributed by atoms with Crippen molar-refractivity contribution >= 4 is 56.5 Å². The lowest BCUT2D eigenvalue weighted by Gasteiger charge is -2.14. The Morgan fingerprint density at radius 3 is 2.80 bits per heavy atom. The van der Waals surface area contributed by atoms with Crippen LogP contribution in [-0.2, 0) is 14.3 Å². The number of hydrogen-bond acceptors (Lipinski definition) is 9. The van der Waals surface area contributed by atoms with E-state index in [9.17, 15) is 14.4 Å². The fourth-order valence-corrected chi connectivity index (χ4v) is 5.94. The van der Waals surface area contributed by atoms with Crippen LogP contribution in [0.25, 0.3) is 20.7 Å². The van der Waals surface area contributed by atoms with Crippen molar-refractivity contribution in [1.82, 2.24) is 15.3 Å². The summed E-state index contributed by atoms with van der Waals surface area (Å²) in [6, 6.07) is 10.8. The topological polar surface area (TPSA) is 110 Å². The molecule has 4 aromatic rings. The third-order valence-corrected chi connectivity index (χ3v) is 7.86. The average molecular weight is 530 g/mol. The van der Waals surface area contributed by atoms with E-state index in [2.05, 4.69) is 15.3 Å². The number of amides is 1. The summed E-state index contributed by atoms with van der Waals surface area (Å²) in [7, 11) is 1.57. The van der Waals surface area contributed by atoms with Crippen molar-refractivity contribution in [2.24, 2.45) is 0 Å². The minimum atomic E-state index is -0.776. The van der Waals surface area contributed by atoms with E-state index in [1.54, 1.807) is 49.6 Å². The summed E-state index contributed by atoms with van der Waals surface area (Å²) in [6.07, 6.45) is -0.776. The number of hydrogen-bond donors (Lipinski definition) is 2. The Morgan fingerprint density at radius 1 is 1.20 bits per heavy atom. The molecule has 0 aliphatic rings.